The summed E-state index contributed by atoms with van der Waals surface area (Å²) in [5.74, 6) is 0.865. The molecule has 1 N–H and O–H groups in total. The first-order chi connectivity index (χ1) is 9.14. The number of nitrogens with zero attached hydrogens (tertiary/aromatic N) is 1. The second-order valence-electron chi connectivity index (χ2n) is 5.57. The molecule has 0 amide bonds. The molecule has 0 bridgehead atoms. The van der Waals surface area contributed by atoms with E-state index in [4.69, 9.17) is 4.42 Å². The van der Waals surface area contributed by atoms with Crippen LogP contribution in [0.1, 0.15) is 33.5 Å². The summed E-state index contributed by atoms with van der Waals surface area (Å²) in [6, 6.07) is 1.88. The highest BCUT2D eigenvalue weighted by molar-refractivity contribution is 9.10. The predicted molar refractivity (Wildman–Crippen MR) is 83.0 cm³/mol. The zero-order chi connectivity index (χ0) is 15.5. The first-order valence-corrected chi connectivity index (χ1v) is 8.85. The molecule has 0 fully saturated rings. The smallest absolute Gasteiger partial charge is 0.247 e. The molecule has 0 aliphatic carbocycles. The van der Waals surface area contributed by atoms with Gasteiger partial charge in [0.05, 0.1) is 6.54 Å². The fourth-order valence-corrected chi connectivity index (χ4v) is 4.04. The van der Waals surface area contributed by atoms with Gasteiger partial charge in [-0.2, -0.15) is 0 Å². The Morgan fingerprint density at radius 2 is 1.95 bits per heavy atom. The summed E-state index contributed by atoms with van der Waals surface area (Å²) in [7, 11) is -1.93. The molecular formula is C13H23BrN2O3S. The summed E-state index contributed by atoms with van der Waals surface area (Å²) in [4.78, 5) is 0.182. The molecule has 0 unspecified atom stereocenters. The molecule has 116 valence electrons. The molecule has 1 aromatic rings. The third kappa shape index (κ3) is 4.58. The van der Waals surface area contributed by atoms with Gasteiger partial charge < -0.3 is 9.73 Å². The van der Waals surface area contributed by atoms with Crippen LogP contribution in [0.25, 0.3) is 0 Å². The van der Waals surface area contributed by atoms with Crippen LogP contribution in [0.4, 0.5) is 0 Å². The lowest BCUT2D eigenvalue weighted by atomic mass is 10.2. The van der Waals surface area contributed by atoms with Gasteiger partial charge in [-0.05, 0) is 21.8 Å². The van der Waals surface area contributed by atoms with Crippen LogP contribution in [-0.4, -0.2) is 32.4 Å². The molecular weight excluding hydrogens is 344 g/mol. The Bertz CT molecular complexity index is 538. The van der Waals surface area contributed by atoms with Gasteiger partial charge in [-0.15, -0.1) is 0 Å². The number of nitrogens with one attached hydrogen (secondary N) is 1. The van der Waals surface area contributed by atoms with Crippen molar-refractivity contribution in [3.8, 4) is 0 Å². The number of hydrogen-bond acceptors (Lipinski definition) is 4. The minimum Gasteiger partial charge on any atom is -0.452 e. The summed E-state index contributed by atoms with van der Waals surface area (Å²) in [5, 5.41) is 3.19. The average Bonchev–Trinajstić information content (AvgIpc) is 2.67. The van der Waals surface area contributed by atoms with Gasteiger partial charge in [0.1, 0.15) is 10.7 Å². The molecule has 1 aromatic heterocycles. The lowest BCUT2D eigenvalue weighted by Gasteiger charge is -2.18. The molecule has 0 aliphatic rings. The van der Waals surface area contributed by atoms with E-state index in [9.17, 15) is 8.42 Å². The van der Waals surface area contributed by atoms with E-state index in [0.29, 0.717) is 24.9 Å². The Morgan fingerprint density at radius 1 is 1.35 bits per heavy atom. The summed E-state index contributed by atoms with van der Waals surface area (Å²) >= 11 is 3.19. The summed E-state index contributed by atoms with van der Waals surface area (Å²) in [6.45, 7) is 8.97. The Hall–Kier alpha value is -0.370. The van der Waals surface area contributed by atoms with Crippen molar-refractivity contribution < 1.29 is 12.8 Å². The van der Waals surface area contributed by atoms with Crippen molar-refractivity contribution in [1.29, 1.82) is 0 Å². The first-order valence-electron chi connectivity index (χ1n) is 6.62. The van der Waals surface area contributed by atoms with Crippen LogP contribution in [-0.2, 0) is 16.6 Å². The quantitative estimate of drug-likeness (QED) is 0.805. The molecule has 1 heterocycles. The van der Waals surface area contributed by atoms with Crippen LogP contribution in [0.3, 0.4) is 0 Å². The fraction of sp³-hybridized carbons (Fsp3) is 0.692. The Labute approximate surface area is 129 Å². The minimum absolute atomic E-state index is 0.182. The van der Waals surface area contributed by atoms with Gasteiger partial charge in [-0.25, -0.2) is 12.7 Å². The lowest BCUT2D eigenvalue weighted by molar-refractivity contribution is 0.414. The fourth-order valence-electron chi connectivity index (χ4n) is 1.75. The van der Waals surface area contributed by atoms with E-state index in [-0.39, 0.29) is 15.5 Å². The van der Waals surface area contributed by atoms with Crippen LogP contribution in [0, 0.1) is 5.92 Å². The van der Waals surface area contributed by atoms with E-state index in [0.717, 1.165) is 0 Å². The number of furan rings is 1. The van der Waals surface area contributed by atoms with Crippen molar-refractivity contribution in [2.75, 3.05) is 13.6 Å². The van der Waals surface area contributed by atoms with Gasteiger partial charge in [0, 0.05) is 25.7 Å². The predicted octanol–water partition coefficient (Wildman–Crippen LogP) is 2.82. The number of halogens is 1. The zero-order valence-corrected chi connectivity index (χ0v) is 15.0. The van der Waals surface area contributed by atoms with Crippen LogP contribution in [0.2, 0.25) is 0 Å². The van der Waals surface area contributed by atoms with Crippen LogP contribution in [0.5, 0.6) is 0 Å². The minimum atomic E-state index is -3.52. The Kier molecular flexibility index (Phi) is 6.25. The van der Waals surface area contributed by atoms with Crippen molar-refractivity contribution in [1.82, 2.24) is 9.62 Å². The van der Waals surface area contributed by atoms with Crippen molar-refractivity contribution in [2.24, 2.45) is 5.92 Å². The van der Waals surface area contributed by atoms with E-state index < -0.39 is 10.0 Å². The second-order valence-corrected chi connectivity index (χ2v) is 8.30. The highest BCUT2D eigenvalue weighted by atomic mass is 79.9. The molecule has 0 saturated carbocycles. The van der Waals surface area contributed by atoms with Crippen LogP contribution in [0.15, 0.2) is 20.0 Å². The molecule has 0 spiro atoms. The maximum Gasteiger partial charge on any atom is 0.247 e. The van der Waals surface area contributed by atoms with E-state index in [1.165, 1.54) is 4.31 Å². The van der Waals surface area contributed by atoms with E-state index in [1.54, 1.807) is 13.1 Å². The number of rotatable bonds is 7. The van der Waals surface area contributed by atoms with Gasteiger partial charge in [0.2, 0.25) is 10.0 Å². The molecule has 0 atom stereocenters. The molecule has 1 rings (SSSR count). The summed E-state index contributed by atoms with van der Waals surface area (Å²) < 4.78 is 32.0. The van der Waals surface area contributed by atoms with Gasteiger partial charge in [0.15, 0.2) is 4.67 Å². The van der Waals surface area contributed by atoms with Crippen molar-refractivity contribution >= 4 is 26.0 Å². The van der Waals surface area contributed by atoms with Crippen molar-refractivity contribution in [3.05, 3.63) is 16.5 Å². The normalized spacial score (nSPS) is 12.8. The van der Waals surface area contributed by atoms with Crippen molar-refractivity contribution in [2.45, 2.75) is 45.2 Å². The standard InChI is InChI=1S/C13H23BrN2O3S/c1-9(2)8-16(5)20(17,18)12-6-11(19-13(12)14)7-15-10(3)4/h6,9-10,15H,7-8H2,1-5H3. The molecule has 0 radical (unpaired) electrons. The van der Waals surface area contributed by atoms with Crippen LogP contribution < -0.4 is 5.32 Å². The van der Waals surface area contributed by atoms with E-state index >= 15 is 0 Å². The Morgan fingerprint density at radius 3 is 2.45 bits per heavy atom. The second kappa shape index (κ2) is 7.06. The third-order valence-electron chi connectivity index (χ3n) is 2.70. The largest absolute Gasteiger partial charge is 0.452 e. The molecule has 20 heavy (non-hydrogen) atoms. The molecule has 0 aliphatic heterocycles. The zero-order valence-electron chi connectivity index (χ0n) is 12.6. The number of sulfonamides is 1. The molecule has 7 heteroatoms. The highest BCUT2D eigenvalue weighted by Crippen LogP contribution is 2.28. The van der Waals surface area contributed by atoms with E-state index in [1.807, 2.05) is 27.7 Å². The Balaban J connectivity index is 2.95. The van der Waals surface area contributed by atoms with Gasteiger partial charge in [-0.1, -0.05) is 27.7 Å². The number of hydrogen-bond donors (Lipinski definition) is 1. The SMILES string of the molecule is CC(C)CN(C)S(=O)(=O)c1cc(CNC(C)C)oc1Br. The van der Waals surface area contributed by atoms with Crippen LogP contribution >= 0.6 is 15.9 Å². The molecule has 0 saturated heterocycles. The van der Waals surface area contributed by atoms with E-state index in [2.05, 4.69) is 21.2 Å². The maximum absolute atomic E-state index is 12.5. The van der Waals surface area contributed by atoms with Gasteiger partial charge >= 0.3 is 0 Å². The van der Waals surface area contributed by atoms with Crippen molar-refractivity contribution in [3.63, 3.8) is 0 Å². The molecule has 5 nitrogen and oxygen atoms in total. The van der Waals surface area contributed by atoms with Gasteiger partial charge in [-0.3, -0.25) is 0 Å². The molecule has 0 aromatic carbocycles. The third-order valence-corrected chi connectivity index (χ3v) is 5.38. The summed E-state index contributed by atoms with van der Waals surface area (Å²) in [5.41, 5.74) is 0. The first kappa shape index (κ1) is 17.7. The summed E-state index contributed by atoms with van der Waals surface area (Å²) in [6.07, 6.45) is 0. The highest BCUT2D eigenvalue weighted by Gasteiger charge is 2.27. The topological polar surface area (TPSA) is 62.6 Å². The average molecular weight is 367 g/mol. The maximum atomic E-state index is 12.5. The monoisotopic (exact) mass is 366 g/mol. The lowest BCUT2D eigenvalue weighted by Crippen LogP contribution is -2.30. The van der Waals surface area contributed by atoms with Gasteiger partial charge in [0.25, 0.3) is 0 Å².